The highest BCUT2D eigenvalue weighted by Gasteiger charge is 2.38. The summed E-state index contributed by atoms with van der Waals surface area (Å²) in [6, 6.07) is 14.8. The molecule has 0 bridgehead atoms. The summed E-state index contributed by atoms with van der Waals surface area (Å²) in [7, 11) is 0. The SMILES string of the molecule is C=CCC[C@H](NC(=O)OCC1c2ccccc2-c2ccccc21)C(=O)OC[C@@H]1CCCN1C(=O)[C@H](CC=C)CC(=O)NC1(CO)CCCC1. The number of nitrogens with one attached hydrogen (secondary N) is 2. The van der Waals surface area contributed by atoms with Crippen LogP contribution >= 0.6 is 0 Å². The average molecular weight is 672 g/mol. The Hall–Kier alpha value is -4.44. The van der Waals surface area contributed by atoms with Gasteiger partial charge in [-0.05, 0) is 67.2 Å². The van der Waals surface area contributed by atoms with E-state index in [0.717, 1.165) is 54.4 Å². The van der Waals surface area contributed by atoms with Crippen LogP contribution in [0.2, 0.25) is 0 Å². The molecule has 3 aliphatic rings. The maximum absolute atomic E-state index is 13.7. The molecule has 2 aliphatic carbocycles. The maximum atomic E-state index is 13.7. The van der Waals surface area contributed by atoms with Gasteiger partial charge in [0.25, 0.3) is 0 Å². The monoisotopic (exact) mass is 671 g/mol. The molecule has 2 fully saturated rings. The number of rotatable bonds is 16. The molecule has 10 nitrogen and oxygen atoms in total. The number of nitrogens with zero attached hydrogens (tertiary/aromatic N) is 1. The summed E-state index contributed by atoms with van der Waals surface area (Å²) in [6.45, 7) is 7.99. The van der Waals surface area contributed by atoms with E-state index >= 15 is 0 Å². The third-order valence-corrected chi connectivity index (χ3v) is 10.2. The predicted molar refractivity (Wildman–Crippen MR) is 186 cm³/mol. The van der Waals surface area contributed by atoms with E-state index in [-0.39, 0.29) is 56.4 Å². The Kier molecular flexibility index (Phi) is 12.3. The van der Waals surface area contributed by atoms with Gasteiger partial charge in [0, 0.05) is 18.9 Å². The Morgan fingerprint density at radius 1 is 0.939 bits per heavy atom. The van der Waals surface area contributed by atoms with Crippen LogP contribution in [-0.2, 0) is 23.9 Å². The van der Waals surface area contributed by atoms with Crippen molar-refractivity contribution >= 4 is 23.9 Å². The molecule has 5 rings (SSSR count). The van der Waals surface area contributed by atoms with Crippen LogP contribution in [0.3, 0.4) is 0 Å². The van der Waals surface area contributed by atoms with Gasteiger partial charge in [0.15, 0.2) is 0 Å². The second-order valence-corrected chi connectivity index (χ2v) is 13.5. The van der Waals surface area contributed by atoms with E-state index in [4.69, 9.17) is 9.47 Å². The van der Waals surface area contributed by atoms with Crippen molar-refractivity contribution in [1.82, 2.24) is 15.5 Å². The number of esters is 1. The Morgan fingerprint density at radius 2 is 1.61 bits per heavy atom. The van der Waals surface area contributed by atoms with Gasteiger partial charge in [-0.25, -0.2) is 9.59 Å². The number of aliphatic hydroxyl groups excluding tert-OH is 1. The molecular weight excluding hydrogens is 622 g/mol. The number of hydrogen-bond acceptors (Lipinski definition) is 7. The summed E-state index contributed by atoms with van der Waals surface area (Å²) in [6.07, 6.45) is 8.39. The number of ether oxygens (including phenoxy) is 2. The number of fused-ring (bicyclic) bond motifs is 3. The first-order valence-electron chi connectivity index (χ1n) is 17.5. The van der Waals surface area contributed by atoms with Crippen LogP contribution in [0.1, 0.15) is 81.3 Å². The molecule has 1 aliphatic heterocycles. The minimum absolute atomic E-state index is 0.0106. The molecule has 2 aromatic carbocycles. The molecule has 0 spiro atoms. The number of carbonyl (C=O) groups is 4. The number of hydrogen-bond donors (Lipinski definition) is 3. The van der Waals surface area contributed by atoms with E-state index in [0.29, 0.717) is 25.8 Å². The van der Waals surface area contributed by atoms with Crippen molar-refractivity contribution in [3.63, 3.8) is 0 Å². The topological polar surface area (TPSA) is 134 Å². The van der Waals surface area contributed by atoms with Crippen LogP contribution in [-0.4, -0.2) is 77.9 Å². The highest BCUT2D eigenvalue weighted by molar-refractivity contribution is 5.87. The number of allylic oxidation sites excluding steroid dienone is 2. The molecule has 3 amide bonds. The van der Waals surface area contributed by atoms with Crippen molar-refractivity contribution < 1.29 is 33.8 Å². The summed E-state index contributed by atoms with van der Waals surface area (Å²) in [5.74, 6) is -1.78. The zero-order chi connectivity index (χ0) is 34.8. The van der Waals surface area contributed by atoms with Gasteiger partial charge in [0.1, 0.15) is 19.3 Å². The fraction of sp³-hybridized carbons (Fsp3) is 0.487. The summed E-state index contributed by atoms with van der Waals surface area (Å²) >= 11 is 0. The van der Waals surface area contributed by atoms with Crippen molar-refractivity contribution in [2.24, 2.45) is 5.92 Å². The zero-order valence-corrected chi connectivity index (χ0v) is 28.2. The van der Waals surface area contributed by atoms with E-state index in [9.17, 15) is 24.3 Å². The number of amides is 3. The molecule has 262 valence electrons. The molecule has 1 saturated carbocycles. The highest BCUT2D eigenvalue weighted by atomic mass is 16.6. The van der Waals surface area contributed by atoms with Gasteiger partial charge in [-0.15, -0.1) is 13.2 Å². The van der Waals surface area contributed by atoms with E-state index < -0.39 is 29.6 Å². The molecule has 2 aromatic rings. The van der Waals surface area contributed by atoms with E-state index in [2.05, 4.69) is 35.9 Å². The molecule has 3 N–H and O–H groups in total. The van der Waals surface area contributed by atoms with Crippen LogP contribution in [0.5, 0.6) is 0 Å². The Bertz CT molecular complexity index is 1470. The van der Waals surface area contributed by atoms with Gasteiger partial charge in [-0.2, -0.15) is 0 Å². The lowest BCUT2D eigenvalue weighted by molar-refractivity contribution is -0.150. The van der Waals surface area contributed by atoms with Gasteiger partial charge >= 0.3 is 12.1 Å². The number of likely N-dealkylation sites (tertiary alicyclic amines) is 1. The molecule has 49 heavy (non-hydrogen) atoms. The van der Waals surface area contributed by atoms with Gasteiger partial charge in [0.05, 0.1) is 24.1 Å². The Morgan fingerprint density at radius 3 is 2.24 bits per heavy atom. The van der Waals surface area contributed by atoms with Crippen LogP contribution in [0, 0.1) is 5.92 Å². The maximum Gasteiger partial charge on any atom is 0.407 e. The minimum Gasteiger partial charge on any atom is -0.462 e. The zero-order valence-electron chi connectivity index (χ0n) is 28.2. The second-order valence-electron chi connectivity index (χ2n) is 13.5. The molecule has 0 aromatic heterocycles. The third kappa shape index (κ3) is 8.60. The first-order chi connectivity index (χ1) is 23.8. The molecule has 0 radical (unpaired) electrons. The van der Waals surface area contributed by atoms with E-state index in [1.165, 1.54) is 0 Å². The van der Waals surface area contributed by atoms with Crippen molar-refractivity contribution in [2.75, 3.05) is 26.4 Å². The Labute approximate surface area is 288 Å². The predicted octanol–water partition coefficient (Wildman–Crippen LogP) is 5.40. The summed E-state index contributed by atoms with van der Waals surface area (Å²) in [5, 5.41) is 15.6. The average Bonchev–Trinajstić information content (AvgIpc) is 3.86. The fourth-order valence-corrected chi connectivity index (χ4v) is 7.55. The van der Waals surface area contributed by atoms with Crippen molar-refractivity contribution in [3.05, 3.63) is 85.0 Å². The second kappa shape index (κ2) is 16.8. The smallest absolute Gasteiger partial charge is 0.407 e. The van der Waals surface area contributed by atoms with Crippen molar-refractivity contribution in [2.45, 2.75) is 87.7 Å². The van der Waals surface area contributed by atoms with E-state index in [1.54, 1.807) is 17.1 Å². The Balaban J connectivity index is 1.15. The highest BCUT2D eigenvalue weighted by Crippen LogP contribution is 2.44. The van der Waals surface area contributed by atoms with Crippen LogP contribution in [0.15, 0.2) is 73.8 Å². The van der Waals surface area contributed by atoms with Gasteiger partial charge in [0.2, 0.25) is 11.8 Å². The molecule has 3 atom stereocenters. The van der Waals surface area contributed by atoms with E-state index in [1.807, 2.05) is 36.4 Å². The molecule has 0 unspecified atom stereocenters. The van der Waals surface area contributed by atoms with Crippen LogP contribution in [0.25, 0.3) is 11.1 Å². The number of alkyl carbamates (subject to hydrolysis) is 1. The number of carbonyl (C=O) groups excluding carboxylic acids is 4. The first kappa shape index (κ1) is 35.9. The van der Waals surface area contributed by atoms with Crippen LogP contribution in [0.4, 0.5) is 4.79 Å². The number of benzene rings is 2. The van der Waals surface area contributed by atoms with Crippen molar-refractivity contribution in [3.8, 4) is 11.1 Å². The standard InChI is InChI=1S/C39H49N3O7/c1-3-5-19-34(40-38(47)49-25-33-31-17-8-6-15-29(31)30-16-7-9-18-32(30)33)37(46)48-24-28-14-12-22-42(28)36(45)27(13-4-2)23-35(44)41-39(26-43)20-10-11-21-39/h3-4,6-9,15-18,27-28,33-34,43H,1-2,5,10-14,19-26H2,(H,40,47)(H,41,44)/t27-,28+,34+/m1/s1. The molecule has 1 heterocycles. The largest absolute Gasteiger partial charge is 0.462 e. The van der Waals surface area contributed by atoms with Gasteiger partial charge in [-0.3, -0.25) is 9.59 Å². The van der Waals surface area contributed by atoms with Crippen molar-refractivity contribution in [1.29, 1.82) is 0 Å². The fourth-order valence-electron chi connectivity index (χ4n) is 7.55. The molecular formula is C39H49N3O7. The lowest BCUT2D eigenvalue weighted by Crippen LogP contribution is -2.50. The summed E-state index contributed by atoms with van der Waals surface area (Å²) in [4.78, 5) is 54.7. The third-order valence-electron chi connectivity index (χ3n) is 10.2. The quantitative estimate of drug-likeness (QED) is 0.161. The van der Waals surface area contributed by atoms with Gasteiger partial charge < -0.3 is 30.1 Å². The van der Waals surface area contributed by atoms with Crippen LogP contribution < -0.4 is 10.6 Å². The normalized spacial score (nSPS) is 18.9. The van der Waals surface area contributed by atoms with Gasteiger partial charge in [-0.1, -0.05) is 73.5 Å². The number of aliphatic hydroxyl groups is 1. The lowest BCUT2D eigenvalue weighted by atomic mass is 9.95. The minimum atomic E-state index is -0.953. The molecule has 1 saturated heterocycles. The lowest BCUT2D eigenvalue weighted by Gasteiger charge is -2.31. The molecule has 10 heteroatoms. The summed E-state index contributed by atoms with van der Waals surface area (Å²) < 4.78 is 11.4. The summed E-state index contributed by atoms with van der Waals surface area (Å²) in [5.41, 5.74) is 3.82. The first-order valence-corrected chi connectivity index (χ1v) is 17.5.